The predicted octanol–water partition coefficient (Wildman–Crippen LogP) is 1.46. The molecule has 124 valence electrons. The summed E-state index contributed by atoms with van der Waals surface area (Å²) in [5.41, 5.74) is 1.77. The maximum Gasteiger partial charge on any atom is 0.268 e. The van der Waals surface area contributed by atoms with Crippen molar-refractivity contribution >= 4 is 18.1 Å². The van der Waals surface area contributed by atoms with Crippen molar-refractivity contribution in [1.82, 2.24) is 15.1 Å². The third kappa shape index (κ3) is 4.53. The van der Waals surface area contributed by atoms with Crippen LogP contribution in [0.2, 0.25) is 0 Å². The predicted molar refractivity (Wildman–Crippen MR) is 90.9 cm³/mol. The molecular formula is C16H20ClFN4O. The van der Waals surface area contributed by atoms with Crippen LogP contribution in [-0.4, -0.2) is 36.0 Å². The molecule has 1 aromatic carbocycles. The van der Waals surface area contributed by atoms with Crippen molar-refractivity contribution in [3.63, 3.8) is 0 Å². The molecule has 23 heavy (non-hydrogen) atoms. The average molecular weight is 339 g/mol. The molecule has 0 radical (unpaired) electrons. The summed E-state index contributed by atoms with van der Waals surface area (Å²) >= 11 is 0. The van der Waals surface area contributed by atoms with Gasteiger partial charge in [0.2, 0.25) is 0 Å². The van der Waals surface area contributed by atoms with E-state index in [-0.39, 0.29) is 23.8 Å². The Hall–Kier alpha value is -1.92. The molecule has 0 saturated carbocycles. The van der Waals surface area contributed by atoms with E-state index in [1.807, 2.05) is 0 Å². The Balaban J connectivity index is 0.00000192. The number of anilines is 1. The molecule has 0 spiro atoms. The van der Waals surface area contributed by atoms with Gasteiger partial charge >= 0.3 is 0 Å². The molecule has 1 aromatic heterocycles. The number of aromatic nitrogens is 2. The Morgan fingerprint density at radius 2 is 1.87 bits per heavy atom. The van der Waals surface area contributed by atoms with Gasteiger partial charge in [0, 0.05) is 38.8 Å². The maximum absolute atomic E-state index is 12.9. The summed E-state index contributed by atoms with van der Waals surface area (Å²) in [4.78, 5) is 14.3. The molecule has 1 saturated heterocycles. The quantitative estimate of drug-likeness (QED) is 0.917. The number of hydrogen-bond acceptors (Lipinski definition) is 4. The van der Waals surface area contributed by atoms with Crippen LogP contribution in [0.15, 0.2) is 41.3 Å². The van der Waals surface area contributed by atoms with Crippen LogP contribution in [-0.2, 0) is 13.0 Å². The fourth-order valence-corrected chi connectivity index (χ4v) is 2.57. The van der Waals surface area contributed by atoms with Gasteiger partial charge in [-0.15, -0.1) is 12.4 Å². The Labute approximate surface area is 140 Å². The second kappa shape index (κ2) is 8.08. The van der Waals surface area contributed by atoms with Crippen molar-refractivity contribution in [3.05, 3.63) is 58.3 Å². The monoisotopic (exact) mass is 338 g/mol. The lowest BCUT2D eigenvalue weighted by atomic mass is 10.1. The third-order valence-electron chi connectivity index (χ3n) is 3.86. The second-order valence-electron chi connectivity index (χ2n) is 5.39. The lowest BCUT2D eigenvalue weighted by Crippen LogP contribution is -2.44. The lowest BCUT2D eigenvalue weighted by Gasteiger charge is -2.28. The molecule has 0 aliphatic carbocycles. The first kappa shape index (κ1) is 17.4. The highest BCUT2D eigenvalue weighted by atomic mass is 35.5. The van der Waals surface area contributed by atoms with Crippen LogP contribution in [0.4, 0.5) is 10.1 Å². The van der Waals surface area contributed by atoms with Crippen LogP contribution in [0.25, 0.3) is 0 Å². The van der Waals surface area contributed by atoms with E-state index in [0.717, 1.165) is 37.4 Å². The first-order valence-corrected chi connectivity index (χ1v) is 7.50. The molecule has 0 bridgehead atoms. The Morgan fingerprint density at radius 3 is 2.52 bits per heavy atom. The summed E-state index contributed by atoms with van der Waals surface area (Å²) in [6.07, 6.45) is 2.40. The number of rotatable bonds is 4. The third-order valence-corrected chi connectivity index (χ3v) is 3.86. The van der Waals surface area contributed by atoms with E-state index in [2.05, 4.69) is 15.3 Å². The highest BCUT2D eigenvalue weighted by molar-refractivity contribution is 5.85. The zero-order valence-electron chi connectivity index (χ0n) is 12.7. The Morgan fingerprint density at radius 1 is 1.17 bits per heavy atom. The molecule has 0 atom stereocenters. The van der Waals surface area contributed by atoms with Gasteiger partial charge < -0.3 is 10.2 Å². The van der Waals surface area contributed by atoms with E-state index in [9.17, 15) is 9.18 Å². The topological polar surface area (TPSA) is 50.2 Å². The van der Waals surface area contributed by atoms with Gasteiger partial charge in [0.1, 0.15) is 5.82 Å². The summed E-state index contributed by atoms with van der Waals surface area (Å²) in [5, 5.41) is 7.53. The SMILES string of the molecule is Cl.O=c1cc(N2CCNCC2)cnn1CCc1ccc(F)cc1. The average Bonchev–Trinajstić information content (AvgIpc) is 2.56. The molecule has 0 unspecified atom stereocenters. The van der Waals surface area contributed by atoms with Crippen LogP contribution < -0.4 is 15.8 Å². The van der Waals surface area contributed by atoms with Gasteiger partial charge in [-0.2, -0.15) is 5.10 Å². The van der Waals surface area contributed by atoms with Gasteiger partial charge in [0.25, 0.3) is 5.56 Å². The summed E-state index contributed by atoms with van der Waals surface area (Å²) in [5.74, 6) is -0.251. The van der Waals surface area contributed by atoms with Gasteiger partial charge in [0.05, 0.1) is 11.9 Å². The van der Waals surface area contributed by atoms with Crippen molar-refractivity contribution < 1.29 is 4.39 Å². The van der Waals surface area contributed by atoms with E-state index < -0.39 is 0 Å². The Kier molecular flexibility index (Phi) is 6.12. The standard InChI is InChI=1S/C16H19FN4O.ClH/c17-14-3-1-13(2-4-14)5-8-21-16(22)11-15(12-19-21)20-9-6-18-7-10-20;/h1-4,11-12,18H,5-10H2;1H. The van der Waals surface area contributed by atoms with Crippen LogP contribution in [0.1, 0.15) is 5.56 Å². The zero-order chi connectivity index (χ0) is 15.4. The van der Waals surface area contributed by atoms with Gasteiger partial charge in [0.15, 0.2) is 0 Å². The zero-order valence-corrected chi connectivity index (χ0v) is 13.6. The van der Waals surface area contributed by atoms with E-state index >= 15 is 0 Å². The summed E-state index contributed by atoms with van der Waals surface area (Å²) in [6.45, 7) is 4.12. The van der Waals surface area contributed by atoms with Crippen LogP contribution in [0.5, 0.6) is 0 Å². The molecule has 2 heterocycles. The fraction of sp³-hybridized carbons (Fsp3) is 0.375. The number of halogens is 2. The molecule has 1 fully saturated rings. The van der Waals surface area contributed by atoms with Gasteiger partial charge in [-0.25, -0.2) is 9.07 Å². The molecular weight excluding hydrogens is 319 g/mol. The van der Waals surface area contributed by atoms with Crippen LogP contribution >= 0.6 is 12.4 Å². The number of benzene rings is 1. The minimum absolute atomic E-state index is 0. The molecule has 7 heteroatoms. The van der Waals surface area contributed by atoms with Crippen LogP contribution in [0, 0.1) is 5.82 Å². The summed E-state index contributed by atoms with van der Waals surface area (Å²) in [7, 11) is 0. The summed E-state index contributed by atoms with van der Waals surface area (Å²) in [6, 6.07) is 7.96. The highest BCUT2D eigenvalue weighted by Gasteiger charge is 2.12. The number of nitrogens with zero attached hydrogens (tertiary/aromatic N) is 3. The fourth-order valence-electron chi connectivity index (χ4n) is 2.57. The normalized spacial score (nSPS) is 14.4. The lowest BCUT2D eigenvalue weighted by molar-refractivity contribution is 0.564. The number of nitrogens with one attached hydrogen (secondary N) is 1. The molecule has 1 N–H and O–H groups in total. The highest BCUT2D eigenvalue weighted by Crippen LogP contribution is 2.10. The largest absolute Gasteiger partial charge is 0.368 e. The van der Waals surface area contributed by atoms with Crippen molar-refractivity contribution in [1.29, 1.82) is 0 Å². The Bertz CT molecular complexity index is 683. The van der Waals surface area contributed by atoms with Crippen molar-refractivity contribution in [2.75, 3.05) is 31.1 Å². The minimum Gasteiger partial charge on any atom is -0.368 e. The van der Waals surface area contributed by atoms with E-state index in [1.54, 1.807) is 24.4 Å². The summed E-state index contributed by atoms with van der Waals surface area (Å²) < 4.78 is 14.3. The van der Waals surface area contributed by atoms with E-state index in [0.29, 0.717) is 13.0 Å². The number of aryl methyl sites for hydroxylation is 2. The first-order valence-electron chi connectivity index (χ1n) is 7.50. The molecule has 1 aliphatic heterocycles. The molecule has 0 amide bonds. The molecule has 5 nitrogen and oxygen atoms in total. The van der Waals surface area contributed by atoms with Gasteiger partial charge in [-0.05, 0) is 24.1 Å². The van der Waals surface area contributed by atoms with Crippen molar-refractivity contribution in [2.45, 2.75) is 13.0 Å². The molecule has 3 rings (SSSR count). The van der Waals surface area contributed by atoms with Gasteiger partial charge in [-0.1, -0.05) is 12.1 Å². The van der Waals surface area contributed by atoms with Crippen LogP contribution in [0.3, 0.4) is 0 Å². The minimum atomic E-state index is -0.251. The smallest absolute Gasteiger partial charge is 0.268 e. The maximum atomic E-state index is 12.9. The second-order valence-corrected chi connectivity index (χ2v) is 5.39. The first-order chi connectivity index (χ1) is 10.7. The van der Waals surface area contributed by atoms with Crippen molar-refractivity contribution in [3.8, 4) is 0 Å². The van der Waals surface area contributed by atoms with E-state index in [4.69, 9.17) is 0 Å². The molecule has 2 aromatic rings. The van der Waals surface area contributed by atoms with E-state index in [1.165, 1.54) is 16.8 Å². The van der Waals surface area contributed by atoms with Gasteiger partial charge in [-0.3, -0.25) is 4.79 Å². The molecule has 1 aliphatic rings. The van der Waals surface area contributed by atoms with Crippen molar-refractivity contribution in [2.24, 2.45) is 0 Å². The number of piperazine rings is 1. The number of hydrogen-bond donors (Lipinski definition) is 1.